The van der Waals surface area contributed by atoms with Crippen LogP contribution in [0, 0.1) is 5.92 Å². The molecule has 5 rings (SSSR count). The van der Waals surface area contributed by atoms with E-state index in [2.05, 4.69) is 10.2 Å². The van der Waals surface area contributed by atoms with Crippen molar-refractivity contribution in [2.75, 3.05) is 38.2 Å². The molecular weight excluding hydrogens is 377 g/mol. The molecule has 0 bridgehead atoms. The maximum absolute atomic E-state index is 13.8. The third-order valence-electron chi connectivity index (χ3n) is 6.73. The molecule has 6 heteroatoms. The lowest BCUT2D eigenvalue weighted by atomic mass is 9.74. The largest absolute Gasteiger partial charge is 0.497 e. The van der Waals surface area contributed by atoms with Crippen LogP contribution in [0.4, 0.5) is 18.9 Å². The molecular formula is C23H25F3N2O. The molecule has 1 saturated heterocycles. The van der Waals surface area contributed by atoms with E-state index in [1.165, 1.54) is 23.9 Å². The zero-order chi connectivity index (χ0) is 20.2. The zero-order valence-corrected chi connectivity index (χ0v) is 16.5. The van der Waals surface area contributed by atoms with Gasteiger partial charge in [0, 0.05) is 31.2 Å². The minimum Gasteiger partial charge on any atom is -0.497 e. The fraction of sp³-hybridized carbons (Fsp3) is 0.478. The molecule has 1 N–H and O–H groups in total. The van der Waals surface area contributed by atoms with Gasteiger partial charge in [-0.05, 0) is 78.2 Å². The Labute approximate surface area is 168 Å². The molecule has 0 aliphatic carbocycles. The van der Waals surface area contributed by atoms with Gasteiger partial charge < -0.3 is 15.0 Å². The molecule has 1 fully saturated rings. The number of aryl methyl sites for hydroxylation is 1. The quantitative estimate of drug-likeness (QED) is 0.778. The second-order valence-corrected chi connectivity index (χ2v) is 8.39. The Hall–Kier alpha value is -2.21. The summed E-state index contributed by atoms with van der Waals surface area (Å²) in [6, 6.07) is 8.29. The highest BCUT2D eigenvalue weighted by Gasteiger charge is 2.39. The topological polar surface area (TPSA) is 24.5 Å². The van der Waals surface area contributed by atoms with Gasteiger partial charge in [-0.25, -0.2) is 0 Å². The second-order valence-electron chi connectivity index (χ2n) is 8.39. The van der Waals surface area contributed by atoms with Crippen molar-refractivity contribution < 1.29 is 17.9 Å². The summed E-state index contributed by atoms with van der Waals surface area (Å²) in [6.07, 6.45) is -1.33. The van der Waals surface area contributed by atoms with Crippen molar-refractivity contribution in [3.8, 4) is 16.9 Å². The van der Waals surface area contributed by atoms with E-state index in [1.807, 2.05) is 12.1 Å². The molecule has 29 heavy (non-hydrogen) atoms. The van der Waals surface area contributed by atoms with E-state index in [4.69, 9.17) is 4.74 Å². The molecule has 3 heterocycles. The summed E-state index contributed by atoms with van der Waals surface area (Å²) >= 11 is 0. The smallest absolute Gasteiger partial charge is 0.417 e. The first-order chi connectivity index (χ1) is 14.0. The number of piperidine rings is 1. The Morgan fingerprint density at radius 1 is 1.17 bits per heavy atom. The van der Waals surface area contributed by atoms with Crippen LogP contribution in [0.1, 0.15) is 35.4 Å². The van der Waals surface area contributed by atoms with Crippen molar-refractivity contribution in [2.45, 2.75) is 31.4 Å². The number of anilines is 1. The minimum atomic E-state index is -4.43. The Morgan fingerprint density at radius 3 is 2.83 bits per heavy atom. The summed E-state index contributed by atoms with van der Waals surface area (Å²) in [5, 5.41) is 3.49. The summed E-state index contributed by atoms with van der Waals surface area (Å²) in [4.78, 5) is 2.48. The van der Waals surface area contributed by atoms with Gasteiger partial charge in [-0.15, -0.1) is 0 Å². The van der Waals surface area contributed by atoms with Crippen LogP contribution in [0.15, 0.2) is 30.3 Å². The number of alkyl halides is 3. The molecule has 0 aromatic heterocycles. The van der Waals surface area contributed by atoms with Crippen LogP contribution < -0.4 is 15.0 Å². The average Bonchev–Trinajstić information content (AvgIpc) is 2.72. The number of nitrogens with one attached hydrogen (secondary N) is 1. The van der Waals surface area contributed by atoms with Crippen LogP contribution in [0.3, 0.4) is 0 Å². The van der Waals surface area contributed by atoms with Crippen molar-refractivity contribution >= 4 is 5.69 Å². The Morgan fingerprint density at radius 2 is 2.03 bits per heavy atom. The number of nitrogens with zero attached hydrogens (tertiary/aromatic N) is 1. The highest BCUT2D eigenvalue weighted by Crippen LogP contribution is 2.48. The number of hydrogen-bond acceptors (Lipinski definition) is 3. The monoisotopic (exact) mass is 402 g/mol. The number of benzene rings is 2. The molecule has 2 atom stereocenters. The molecule has 0 spiro atoms. The van der Waals surface area contributed by atoms with Crippen molar-refractivity contribution in [3.05, 3.63) is 47.0 Å². The third kappa shape index (κ3) is 3.18. The van der Waals surface area contributed by atoms with Crippen LogP contribution in [0.25, 0.3) is 11.1 Å². The predicted octanol–water partition coefficient (Wildman–Crippen LogP) is 4.84. The molecule has 3 aliphatic heterocycles. The standard InChI is InChI=1S/C23H25F3N2O/c1-29-17-4-5-18(21(11-17)23(24,25)26)16-9-14-3-2-8-28-13-15-6-7-27-12-20(15)19(10-16)22(14)28/h4-5,9-11,15,20,27H,2-3,6-8,12-13H2,1H3/t15-,20-/m1/s1. The van der Waals surface area contributed by atoms with Crippen LogP contribution in [-0.2, 0) is 12.6 Å². The fourth-order valence-electron chi connectivity index (χ4n) is 5.40. The van der Waals surface area contributed by atoms with Gasteiger partial charge in [0.25, 0.3) is 0 Å². The normalized spacial score (nSPS) is 23.4. The van der Waals surface area contributed by atoms with Crippen LogP contribution in [0.5, 0.6) is 5.75 Å². The van der Waals surface area contributed by atoms with Crippen molar-refractivity contribution in [2.24, 2.45) is 5.92 Å². The first-order valence-electron chi connectivity index (χ1n) is 10.3. The van der Waals surface area contributed by atoms with Gasteiger partial charge in [0.15, 0.2) is 0 Å². The summed E-state index contributed by atoms with van der Waals surface area (Å²) < 4.78 is 46.6. The van der Waals surface area contributed by atoms with Crippen LogP contribution in [-0.4, -0.2) is 33.3 Å². The van der Waals surface area contributed by atoms with E-state index < -0.39 is 11.7 Å². The third-order valence-corrected chi connectivity index (χ3v) is 6.73. The highest BCUT2D eigenvalue weighted by atomic mass is 19.4. The number of ether oxygens (including phenoxy) is 1. The lowest BCUT2D eigenvalue weighted by molar-refractivity contribution is -0.137. The summed E-state index contributed by atoms with van der Waals surface area (Å²) in [5.74, 6) is 1.17. The highest BCUT2D eigenvalue weighted by molar-refractivity contribution is 5.77. The first kappa shape index (κ1) is 18.8. The van der Waals surface area contributed by atoms with Crippen LogP contribution in [0.2, 0.25) is 0 Å². The van der Waals surface area contributed by atoms with Gasteiger partial charge in [-0.2, -0.15) is 13.2 Å². The average molecular weight is 402 g/mol. The molecule has 0 amide bonds. The molecule has 0 radical (unpaired) electrons. The molecule has 2 aromatic rings. The van der Waals surface area contributed by atoms with Crippen molar-refractivity contribution in [1.29, 1.82) is 0 Å². The predicted molar refractivity (Wildman–Crippen MR) is 108 cm³/mol. The summed E-state index contributed by atoms with van der Waals surface area (Å²) in [5.41, 5.74) is 3.97. The summed E-state index contributed by atoms with van der Waals surface area (Å²) in [7, 11) is 1.39. The SMILES string of the molecule is COc1ccc(-c2cc3c4c(c2)[C@@H]2CNCC[C@@H]2CN4CCC3)c(C(F)(F)F)c1. The van der Waals surface area contributed by atoms with Gasteiger partial charge in [-0.1, -0.05) is 6.07 Å². The van der Waals surface area contributed by atoms with E-state index in [-0.39, 0.29) is 11.3 Å². The van der Waals surface area contributed by atoms with Gasteiger partial charge in [0.1, 0.15) is 5.75 Å². The van der Waals surface area contributed by atoms with E-state index in [9.17, 15) is 13.2 Å². The lowest BCUT2D eigenvalue weighted by Gasteiger charge is -2.46. The van der Waals surface area contributed by atoms with E-state index in [1.54, 1.807) is 12.1 Å². The molecule has 2 aromatic carbocycles. The summed E-state index contributed by atoms with van der Waals surface area (Å²) in [6.45, 7) is 4.05. The lowest BCUT2D eigenvalue weighted by Crippen LogP contribution is -2.47. The Kier molecular flexibility index (Phi) is 4.50. The number of methoxy groups -OCH3 is 1. The van der Waals surface area contributed by atoms with E-state index >= 15 is 0 Å². The maximum Gasteiger partial charge on any atom is 0.417 e. The van der Waals surface area contributed by atoms with Crippen molar-refractivity contribution in [1.82, 2.24) is 5.32 Å². The molecule has 3 aliphatic rings. The second kappa shape index (κ2) is 6.94. The Bertz CT molecular complexity index is 940. The zero-order valence-electron chi connectivity index (χ0n) is 16.5. The molecule has 3 nitrogen and oxygen atoms in total. The minimum absolute atomic E-state index is 0.225. The van der Waals surface area contributed by atoms with E-state index in [0.717, 1.165) is 51.5 Å². The molecule has 154 valence electrons. The van der Waals surface area contributed by atoms with Crippen molar-refractivity contribution in [3.63, 3.8) is 0 Å². The number of fused-ring (bicyclic) bond motifs is 2. The van der Waals surface area contributed by atoms with Gasteiger partial charge >= 0.3 is 6.18 Å². The van der Waals surface area contributed by atoms with Gasteiger partial charge in [0.2, 0.25) is 0 Å². The number of halogens is 3. The maximum atomic E-state index is 13.8. The van der Waals surface area contributed by atoms with Crippen LogP contribution >= 0.6 is 0 Å². The Balaban J connectivity index is 1.69. The van der Waals surface area contributed by atoms with Gasteiger partial charge in [0.05, 0.1) is 12.7 Å². The molecule has 0 unspecified atom stereocenters. The number of rotatable bonds is 2. The first-order valence-corrected chi connectivity index (χ1v) is 10.3. The molecule has 0 saturated carbocycles. The van der Waals surface area contributed by atoms with E-state index in [0.29, 0.717) is 17.4 Å². The van der Waals surface area contributed by atoms with Gasteiger partial charge in [-0.3, -0.25) is 0 Å². The fourth-order valence-corrected chi connectivity index (χ4v) is 5.40. The number of hydrogen-bond donors (Lipinski definition) is 1.